The number of nitrogens with zero attached hydrogens (tertiary/aromatic N) is 3. The van der Waals surface area contributed by atoms with Crippen molar-refractivity contribution in [2.45, 2.75) is 20.0 Å². The summed E-state index contributed by atoms with van der Waals surface area (Å²) in [6.45, 7) is 3.22. The van der Waals surface area contributed by atoms with Crippen LogP contribution < -0.4 is 0 Å². The van der Waals surface area contributed by atoms with Gasteiger partial charge in [-0.25, -0.2) is 0 Å². The molecule has 0 aliphatic carbocycles. The molecule has 0 aliphatic heterocycles. The SMILES string of the molecule is CC(=O)c1ccn(CCn2cccn2)c1. The zero-order chi connectivity index (χ0) is 10.7. The number of aromatic nitrogens is 3. The fourth-order valence-corrected chi connectivity index (χ4v) is 1.44. The lowest BCUT2D eigenvalue weighted by molar-refractivity contribution is 0.101. The van der Waals surface area contributed by atoms with Crippen molar-refractivity contribution in [1.29, 1.82) is 0 Å². The second-order valence-electron chi connectivity index (χ2n) is 3.46. The van der Waals surface area contributed by atoms with E-state index in [2.05, 4.69) is 5.10 Å². The molecule has 0 fully saturated rings. The molecule has 4 heteroatoms. The Morgan fingerprint density at radius 2 is 2.27 bits per heavy atom. The number of aryl methyl sites for hydroxylation is 2. The number of Topliss-reactive ketones (excluding diaryl/α,β-unsaturated/α-hetero) is 1. The average molecular weight is 203 g/mol. The number of hydrogen-bond donors (Lipinski definition) is 0. The predicted octanol–water partition coefficient (Wildman–Crippen LogP) is 1.59. The first-order chi connectivity index (χ1) is 7.25. The van der Waals surface area contributed by atoms with Crippen LogP contribution in [0.4, 0.5) is 0 Å². The highest BCUT2D eigenvalue weighted by atomic mass is 16.1. The summed E-state index contributed by atoms with van der Waals surface area (Å²) in [6, 6.07) is 3.74. The molecule has 2 aromatic heterocycles. The Hall–Kier alpha value is -1.84. The molecule has 78 valence electrons. The first-order valence-electron chi connectivity index (χ1n) is 4.90. The van der Waals surface area contributed by atoms with Crippen molar-refractivity contribution in [2.75, 3.05) is 0 Å². The highest BCUT2D eigenvalue weighted by Crippen LogP contribution is 2.02. The van der Waals surface area contributed by atoms with Gasteiger partial charge in [0, 0.05) is 36.9 Å². The minimum Gasteiger partial charge on any atom is -0.352 e. The zero-order valence-electron chi connectivity index (χ0n) is 8.63. The summed E-state index contributed by atoms with van der Waals surface area (Å²) in [5, 5.41) is 4.11. The first-order valence-corrected chi connectivity index (χ1v) is 4.90. The number of rotatable bonds is 4. The van der Waals surface area contributed by atoms with E-state index in [4.69, 9.17) is 0 Å². The van der Waals surface area contributed by atoms with E-state index in [1.165, 1.54) is 0 Å². The first kappa shape index (κ1) is 9.71. The lowest BCUT2D eigenvalue weighted by Crippen LogP contribution is -2.06. The van der Waals surface area contributed by atoms with Crippen molar-refractivity contribution >= 4 is 5.78 Å². The quantitative estimate of drug-likeness (QED) is 0.708. The molecule has 0 amide bonds. The zero-order valence-corrected chi connectivity index (χ0v) is 8.63. The number of ketones is 1. The molecular weight excluding hydrogens is 190 g/mol. The molecule has 2 aromatic rings. The molecule has 2 rings (SSSR count). The minimum atomic E-state index is 0.104. The van der Waals surface area contributed by atoms with Crippen LogP contribution in [0.3, 0.4) is 0 Å². The van der Waals surface area contributed by atoms with Crippen molar-refractivity contribution < 1.29 is 4.79 Å². The lowest BCUT2D eigenvalue weighted by atomic mass is 10.2. The lowest BCUT2D eigenvalue weighted by Gasteiger charge is -2.02. The third kappa shape index (κ3) is 2.34. The molecule has 0 N–H and O–H groups in total. The number of carbonyl (C=O) groups is 1. The summed E-state index contributed by atoms with van der Waals surface area (Å²) in [4.78, 5) is 11.1. The highest BCUT2D eigenvalue weighted by Gasteiger charge is 2.01. The third-order valence-electron chi connectivity index (χ3n) is 2.30. The van der Waals surface area contributed by atoms with E-state index in [0.717, 1.165) is 18.7 Å². The Labute approximate surface area is 88.1 Å². The van der Waals surface area contributed by atoms with Crippen LogP contribution in [0.25, 0.3) is 0 Å². The van der Waals surface area contributed by atoms with Gasteiger partial charge in [0.2, 0.25) is 0 Å². The Kier molecular flexibility index (Phi) is 2.67. The second kappa shape index (κ2) is 4.13. The van der Waals surface area contributed by atoms with Gasteiger partial charge in [0.15, 0.2) is 5.78 Å². The van der Waals surface area contributed by atoms with Gasteiger partial charge in [-0.1, -0.05) is 0 Å². The summed E-state index contributed by atoms with van der Waals surface area (Å²) in [7, 11) is 0. The van der Waals surface area contributed by atoms with Gasteiger partial charge in [-0.05, 0) is 19.1 Å². The summed E-state index contributed by atoms with van der Waals surface area (Å²) in [6.07, 6.45) is 7.47. The van der Waals surface area contributed by atoms with Gasteiger partial charge in [0.05, 0.1) is 6.54 Å². The van der Waals surface area contributed by atoms with Crippen molar-refractivity contribution in [3.8, 4) is 0 Å². The van der Waals surface area contributed by atoms with Gasteiger partial charge in [-0.2, -0.15) is 5.10 Å². The van der Waals surface area contributed by atoms with E-state index < -0.39 is 0 Å². The topological polar surface area (TPSA) is 39.8 Å². The molecule has 2 heterocycles. The monoisotopic (exact) mass is 203 g/mol. The molecule has 0 unspecified atom stereocenters. The van der Waals surface area contributed by atoms with E-state index in [9.17, 15) is 4.79 Å². The Balaban J connectivity index is 1.96. The maximum atomic E-state index is 11.1. The van der Waals surface area contributed by atoms with Crippen LogP contribution in [-0.4, -0.2) is 20.1 Å². The molecule has 0 aliphatic rings. The van der Waals surface area contributed by atoms with Crippen molar-refractivity contribution in [3.63, 3.8) is 0 Å². The Bertz CT molecular complexity index is 442. The fraction of sp³-hybridized carbons (Fsp3) is 0.273. The molecule has 0 saturated heterocycles. The minimum absolute atomic E-state index is 0.104. The molecule has 0 saturated carbocycles. The number of carbonyl (C=O) groups excluding carboxylic acids is 1. The summed E-state index contributed by atoms with van der Waals surface area (Å²) in [5.41, 5.74) is 0.760. The summed E-state index contributed by atoms with van der Waals surface area (Å²) >= 11 is 0. The van der Waals surface area contributed by atoms with Gasteiger partial charge < -0.3 is 4.57 Å². The molecule has 0 spiro atoms. The molecule has 0 bridgehead atoms. The van der Waals surface area contributed by atoms with Crippen LogP contribution in [-0.2, 0) is 13.1 Å². The maximum Gasteiger partial charge on any atom is 0.161 e. The Morgan fingerprint density at radius 1 is 1.40 bits per heavy atom. The van der Waals surface area contributed by atoms with E-state index in [0.29, 0.717) is 0 Å². The predicted molar refractivity (Wildman–Crippen MR) is 56.7 cm³/mol. The van der Waals surface area contributed by atoms with Crippen molar-refractivity contribution in [2.24, 2.45) is 0 Å². The van der Waals surface area contributed by atoms with Gasteiger partial charge in [0.1, 0.15) is 0 Å². The average Bonchev–Trinajstić information content (AvgIpc) is 2.86. The fourth-order valence-electron chi connectivity index (χ4n) is 1.44. The van der Waals surface area contributed by atoms with Crippen LogP contribution >= 0.6 is 0 Å². The van der Waals surface area contributed by atoms with Crippen LogP contribution in [0, 0.1) is 0 Å². The molecule has 15 heavy (non-hydrogen) atoms. The van der Waals surface area contributed by atoms with Crippen molar-refractivity contribution in [3.05, 3.63) is 42.5 Å². The summed E-state index contributed by atoms with van der Waals surface area (Å²) in [5.74, 6) is 0.104. The van der Waals surface area contributed by atoms with E-state index in [1.807, 2.05) is 40.0 Å². The van der Waals surface area contributed by atoms with E-state index in [-0.39, 0.29) is 5.78 Å². The maximum absolute atomic E-state index is 11.1. The molecule has 4 nitrogen and oxygen atoms in total. The van der Waals surface area contributed by atoms with Gasteiger partial charge in [-0.3, -0.25) is 9.48 Å². The van der Waals surface area contributed by atoms with E-state index >= 15 is 0 Å². The van der Waals surface area contributed by atoms with E-state index in [1.54, 1.807) is 13.1 Å². The molecular formula is C11H13N3O. The normalized spacial score (nSPS) is 10.5. The Morgan fingerprint density at radius 3 is 2.87 bits per heavy atom. The summed E-state index contributed by atoms with van der Waals surface area (Å²) < 4.78 is 3.87. The standard InChI is InChI=1S/C11H13N3O/c1-10(15)11-3-6-13(9-11)7-8-14-5-2-4-12-14/h2-6,9H,7-8H2,1H3. The number of hydrogen-bond acceptors (Lipinski definition) is 2. The van der Waals surface area contributed by atoms with Gasteiger partial charge in [0.25, 0.3) is 0 Å². The van der Waals surface area contributed by atoms with Crippen LogP contribution in [0.1, 0.15) is 17.3 Å². The molecule has 0 aromatic carbocycles. The highest BCUT2D eigenvalue weighted by molar-refractivity contribution is 5.93. The molecule has 0 radical (unpaired) electrons. The van der Waals surface area contributed by atoms with Crippen LogP contribution in [0.5, 0.6) is 0 Å². The van der Waals surface area contributed by atoms with Gasteiger partial charge in [-0.15, -0.1) is 0 Å². The second-order valence-corrected chi connectivity index (χ2v) is 3.46. The third-order valence-corrected chi connectivity index (χ3v) is 2.30. The van der Waals surface area contributed by atoms with Gasteiger partial charge >= 0.3 is 0 Å². The molecule has 0 atom stereocenters. The van der Waals surface area contributed by atoms with Crippen LogP contribution in [0.15, 0.2) is 36.9 Å². The van der Waals surface area contributed by atoms with Crippen molar-refractivity contribution in [1.82, 2.24) is 14.3 Å². The smallest absolute Gasteiger partial charge is 0.161 e. The van der Waals surface area contributed by atoms with Crippen LogP contribution in [0.2, 0.25) is 0 Å². The largest absolute Gasteiger partial charge is 0.352 e.